The lowest BCUT2D eigenvalue weighted by atomic mass is 10.1. The molecule has 0 amide bonds. The highest BCUT2D eigenvalue weighted by atomic mass is 35.5. The first-order valence-electron chi connectivity index (χ1n) is 6.19. The van der Waals surface area contributed by atoms with E-state index in [0.717, 1.165) is 16.3 Å². The van der Waals surface area contributed by atoms with Crippen LogP contribution in [0.2, 0.25) is 5.02 Å². The quantitative estimate of drug-likeness (QED) is 0.856. The molecular formula is C14H23ClN2S. The molecule has 0 aliphatic heterocycles. The molecule has 0 aliphatic carbocycles. The fourth-order valence-electron chi connectivity index (χ4n) is 1.85. The molecule has 2 unspecified atom stereocenters. The van der Waals surface area contributed by atoms with Crippen LogP contribution in [0.3, 0.4) is 0 Å². The van der Waals surface area contributed by atoms with Gasteiger partial charge in [-0.05, 0) is 44.8 Å². The third-order valence-corrected chi connectivity index (χ3v) is 4.50. The van der Waals surface area contributed by atoms with Crippen molar-refractivity contribution in [3.05, 3.63) is 28.8 Å². The van der Waals surface area contributed by atoms with Gasteiger partial charge in [0.05, 0.1) is 0 Å². The predicted molar refractivity (Wildman–Crippen MR) is 85.2 cm³/mol. The van der Waals surface area contributed by atoms with Gasteiger partial charge >= 0.3 is 0 Å². The molecule has 1 aromatic rings. The molecule has 1 aromatic carbocycles. The molecule has 1 N–H and O–H groups in total. The lowest BCUT2D eigenvalue weighted by Crippen LogP contribution is -2.30. The van der Waals surface area contributed by atoms with Gasteiger partial charge in [0, 0.05) is 35.6 Å². The topological polar surface area (TPSA) is 15.3 Å². The van der Waals surface area contributed by atoms with E-state index >= 15 is 0 Å². The Labute approximate surface area is 120 Å². The minimum absolute atomic E-state index is 0.278. The highest BCUT2D eigenvalue weighted by molar-refractivity contribution is 7.98. The number of hydrogen-bond acceptors (Lipinski definition) is 3. The zero-order valence-electron chi connectivity index (χ0n) is 11.8. The molecule has 2 nitrogen and oxygen atoms in total. The highest BCUT2D eigenvalue weighted by Gasteiger charge is 2.13. The number of anilines is 1. The van der Waals surface area contributed by atoms with E-state index in [1.54, 1.807) is 0 Å². The second kappa shape index (κ2) is 7.27. The number of hydrogen-bond donors (Lipinski definition) is 1. The average molecular weight is 287 g/mol. The van der Waals surface area contributed by atoms with Crippen molar-refractivity contribution < 1.29 is 0 Å². The van der Waals surface area contributed by atoms with Crippen LogP contribution in [0.1, 0.15) is 25.5 Å². The van der Waals surface area contributed by atoms with E-state index in [0.29, 0.717) is 6.04 Å². The van der Waals surface area contributed by atoms with Crippen LogP contribution in [-0.2, 0) is 0 Å². The maximum Gasteiger partial charge on any atom is 0.0474 e. The second-order valence-electron chi connectivity index (χ2n) is 4.63. The molecule has 0 heterocycles. The van der Waals surface area contributed by atoms with Crippen LogP contribution in [0.15, 0.2) is 18.2 Å². The van der Waals surface area contributed by atoms with Gasteiger partial charge in [-0.25, -0.2) is 0 Å². The van der Waals surface area contributed by atoms with Crippen molar-refractivity contribution in [3.8, 4) is 0 Å². The number of benzene rings is 1. The largest absolute Gasteiger partial charge is 0.371 e. The number of nitrogens with zero attached hydrogens (tertiary/aromatic N) is 1. The van der Waals surface area contributed by atoms with Gasteiger partial charge in [-0.2, -0.15) is 11.8 Å². The van der Waals surface area contributed by atoms with Crippen LogP contribution >= 0.6 is 23.4 Å². The Hall–Kier alpha value is -0.380. The van der Waals surface area contributed by atoms with Crippen LogP contribution in [0.25, 0.3) is 0 Å². The minimum atomic E-state index is 0.278. The van der Waals surface area contributed by atoms with Crippen LogP contribution < -0.4 is 10.2 Å². The minimum Gasteiger partial charge on any atom is -0.371 e. The van der Waals surface area contributed by atoms with Crippen LogP contribution in [0, 0.1) is 0 Å². The summed E-state index contributed by atoms with van der Waals surface area (Å²) in [5, 5.41) is 4.04. The highest BCUT2D eigenvalue weighted by Crippen LogP contribution is 2.28. The number of rotatable bonds is 6. The van der Waals surface area contributed by atoms with E-state index in [4.69, 9.17) is 11.6 Å². The van der Waals surface area contributed by atoms with Gasteiger partial charge in [0.1, 0.15) is 0 Å². The normalized spacial score (nSPS) is 14.3. The summed E-state index contributed by atoms with van der Waals surface area (Å²) in [6.45, 7) is 4.34. The summed E-state index contributed by atoms with van der Waals surface area (Å²) in [4.78, 5) is 2.27. The van der Waals surface area contributed by atoms with Gasteiger partial charge in [0.25, 0.3) is 0 Å². The van der Waals surface area contributed by atoms with Crippen molar-refractivity contribution in [2.75, 3.05) is 31.0 Å². The summed E-state index contributed by atoms with van der Waals surface area (Å²) in [5.41, 5.74) is 2.32. The van der Waals surface area contributed by atoms with Crippen LogP contribution in [0.5, 0.6) is 0 Å². The van der Waals surface area contributed by atoms with Gasteiger partial charge < -0.3 is 10.2 Å². The molecular weight excluding hydrogens is 264 g/mol. The Kier molecular flexibility index (Phi) is 6.33. The predicted octanol–water partition coefficient (Wildman–Crippen LogP) is 3.81. The van der Waals surface area contributed by atoms with E-state index < -0.39 is 0 Å². The molecule has 0 bridgehead atoms. The molecule has 0 aromatic heterocycles. The van der Waals surface area contributed by atoms with Crippen molar-refractivity contribution in [1.29, 1.82) is 0 Å². The maximum absolute atomic E-state index is 6.36. The molecule has 18 heavy (non-hydrogen) atoms. The summed E-state index contributed by atoms with van der Waals surface area (Å²) in [6.07, 6.45) is 2.13. The Bertz CT molecular complexity index is 384. The molecule has 0 radical (unpaired) electrons. The maximum atomic E-state index is 6.36. The molecule has 0 spiro atoms. The van der Waals surface area contributed by atoms with E-state index in [2.05, 4.69) is 55.6 Å². The first-order valence-corrected chi connectivity index (χ1v) is 7.97. The van der Waals surface area contributed by atoms with E-state index in [9.17, 15) is 0 Å². The van der Waals surface area contributed by atoms with Crippen molar-refractivity contribution in [3.63, 3.8) is 0 Å². The van der Waals surface area contributed by atoms with Crippen molar-refractivity contribution in [1.82, 2.24) is 5.32 Å². The summed E-state index contributed by atoms with van der Waals surface area (Å²) < 4.78 is 0. The van der Waals surface area contributed by atoms with Crippen molar-refractivity contribution in [2.24, 2.45) is 0 Å². The van der Waals surface area contributed by atoms with E-state index in [1.807, 2.05) is 18.8 Å². The zero-order valence-corrected chi connectivity index (χ0v) is 13.4. The summed E-state index contributed by atoms with van der Waals surface area (Å²) in [6, 6.07) is 7.10. The van der Waals surface area contributed by atoms with Gasteiger partial charge in [-0.1, -0.05) is 17.7 Å². The summed E-state index contributed by atoms with van der Waals surface area (Å²) in [7, 11) is 4.06. The van der Waals surface area contributed by atoms with Gasteiger partial charge in [0.2, 0.25) is 0 Å². The summed E-state index contributed by atoms with van der Waals surface area (Å²) in [5.74, 6) is 1.11. The van der Waals surface area contributed by atoms with Crippen LogP contribution in [0.4, 0.5) is 5.69 Å². The molecule has 0 saturated carbocycles. The third-order valence-electron chi connectivity index (χ3n) is 3.36. The Balaban J connectivity index is 2.90. The third kappa shape index (κ3) is 3.81. The SMILES string of the molecule is CNC(C)c1ccc(N(C)C(C)CSC)cc1Cl. The molecule has 2 atom stereocenters. The van der Waals surface area contributed by atoms with Gasteiger partial charge in [0.15, 0.2) is 0 Å². The molecule has 4 heteroatoms. The number of halogens is 1. The Morgan fingerprint density at radius 1 is 1.39 bits per heavy atom. The summed E-state index contributed by atoms with van der Waals surface area (Å²) >= 11 is 8.22. The first kappa shape index (κ1) is 15.7. The standard InChI is InChI=1S/C14H23ClN2S/c1-10(9-18-5)17(4)12-6-7-13(11(2)16-3)14(15)8-12/h6-8,10-11,16H,9H2,1-5H3. The van der Waals surface area contributed by atoms with E-state index in [1.165, 1.54) is 5.69 Å². The Morgan fingerprint density at radius 3 is 2.56 bits per heavy atom. The van der Waals surface area contributed by atoms with E-state index in [-0.39, 0.29) is 6.04 Å². The first-order chi connectivity index (χ1) is 8.51. The zero-order chi connectivity index (χ0) is 13.7. The number of thioether (sulfide) groups is 1. The Morgan fingerprint density at radius 2 is 2.06 bits per heavy atom. The van der Waals surface area contributed by atoms with Crippen LogP contribution in [-0.4, -0.2) is 32.1 Å². The van der Waals surface area contributed by atoms with Gasteiger partial charge in [-0.15, -0.1) is 0 Å². The molecule has 0 saturated heterocycles. The molecule has 1 rings (SSSR count). The smallest absolute Gasteiger partial charge is 0.0474 e. The number of nitrogens with one attached hydrogen (secondary N) is 1. The fourth-order valence-corrected chi connectivity index (χ4v) is 2.89. The lowest BCUT2D eigenvalue weighted by Gasteiger charge is -2.27. The van der Waals surface area contributed by atoms with Crippen molar-refractivity contribution in [2.45, 2.75) is 25.9 Å². The van der Waals surface area contributed by atoms with Gasteiger partial charge in [-0.3, -0.25) is 0 Å². The second-order valence-corrected chi connectivity index (χ2v) is 5.95. The average Bonchev–Trinajstić information content (AvgIpc) is 2.37. The molecule has 0 fully saturated rings. The molecule has 0 aliphatic rings. The van der Waals surface area contributed by atoms with Crippen molar-refractivity contribution >= 4 is 29.1 Å². The molecule has 102 valence electrons. The lowest BCUT2D eigenvalue weighted by molar-refractivity contribution is 0.652. The monoisotopic (exact) mass is 286 g/mol. The fraction of sp³-hybridized carbons (Fsp3) is 0.571.